The van der Waals surface area contributed by atoms with Crippen LogP contribution in [0, 0.1) is 6.92 Å². The predicted molar refractivity (Wildman–Crippen MR) is 63.8 cm³/mol. The number of hydrogen-bond donors (Lipinski definition) is 2. The minimum Gasteiger partial charge on any atom is -0.477 e. The number of nitrogens with one attached hydrogen (secondary N) is 1. The highest BCUT2D eigenvalue weighted by Gasteiger charge is 2.14. The lowest BCUT2D eigenvalue weighted by molar-refractivity contribution is 0.0690. The average molecular weight is 264 g/mol. The molecule has 7 nitrogen and oxygen atoms in total. The minimum atomic E-state index is -1.15. The Bertz CT molecular complexity index is 611. The largest absolute Gasteiger partial charge is 0.477 e. The molecule has 2 rings (SSSR count). The zero-order valence-electron chi connectivity index (χ0n) is 9.25. The number of rotatable bonds is 3. The van der Waals surface area contributed by atoms with E-state index < -0.39 is 5.97 Å². The molecule has 2 heterocycles. The summed E-state index contributed by atoms with van der Waals surface area (Å²) in [6.07, 6.45) is 1.32. The Kier molecular flexibility index (Phi) is 3.28. The number of carboxylic acids is 1. The maximum absolute atomic E-state index is 11.8. The number of carbonyl (C=O) groups excluding carboxylic acids is 1. The summed E-state index contributed by atoms with van der Waals surface area (Å²) in [5.41, 5.74) is 0.761. The molecule has 0 spiro atoms. The molecule has 92 valence electrons. The first-order chi connectivity index (χ1) is 8.58. The SMILES string of the molecule is Cc1nnsc1C(=O)Nc1ccnc(C(=O)O)c1. The van der Waals surface area contributed by atoms with E-state index in [9.17, 15) is 9.59 Å². The van der Waals surface area contributed by atoms with E-state index in [4.69, 9.17) is 5.11 Å². The van der Waals surface area contributed by atoms with Crippen molar-refractivity contribution in [3.63, 3.8) is 0 Å². The van der Waals surface area contributed by atoms with Crippen LogP contribution in [-0.2, 0) is 0 Å². The Morgan fingerprint density at radius 3 is 2.83 bits per heavy atom. The Morgan fingerprint density at radius 2 is 2.22 bits per heavy atom. The van der Waals surface area contributed by atoms with Gasteiger partial charge in [0.2, 0.25) is 0 Å². The van der Waals surface area contributed by atoms with Crippen molar-refractivity contribution in [2.75, 3.05) is 5.32 Å². The van der Waals surface area contributed by atoms with Crippen LogP contribution in [0.25, 0.3) is 0 Å². The third kappa shape index (κ3) is 2.48. The summed E-state index contributed by atoms with van der Waals surface area (Å²) in [7, 11) is 0. The number of amides is 1. The van der Waals surface area contributed by atoms with Crippen LogP contribution in [0.2, 0.25) is 0 Å². The minimum absolute atomic E-state index is 0.132. The topological polar surface area (TPSA) is 105 Å². The van der Waals surface area contributed by atoms with E-state index >= 15 is 0 Å². The average Bonchev–Trinajstić information content (AvgIpc) is 2.76. The zero-order valence-corrected chi connectivity index (χ0v) is 10.1. The third-order valence-electron chi connectivity index (χ3n) is 2.09. The third-order valence-corrected chi connectivity index (χ3v) is 2.92. The van der Waals surface area contributed by atoms with Crippen molar-refractivity contribution < 1.29 is 14.7 Å². The smallest absolute Gasteiger partial charge is 0.354 e. The summed E-state index contributed by atoms with van der Waals surface area (Å²) < 4.78 is 3.65. The van der Waals surface area contributed by atoms with Crippen LogP contribution in [0.4, 0.5) is 5.69 Å². The number of aryl methyl sites for hydroxylation is 1. The molecule has 0 fully saturated rings. The first kappa shape index (κ1) is 12.1. The van der Waals surface area contributed by atoms with Gasteiger partial charge >= 0.3 is 5.97 Å². The Morgan fingerprint density at radius 1 is 1.44 bits per heavy atom. The number of anilines is 1. The van der Waals surface area contributed by atoms with Crippen LogP contribution in [-0.4, -0.2) is 31.6 Å². The molecule has 0 aliphatic heterocycles. The maximum atomic E-state index is 11.8. The zero-order chi connectivity index (χ0) is 13.1. The summed E-state index contributed by atoms with van der Waals surface area (Å²) in [5, 5.41) is 15.1. The molecule has 0 aliphatic carbocycles. The standard InChI is InChI=1S/C10H8N4O3S/c1-5-8(18-14-13-5)9(15)12-6-2-3-11-7(4-6)10(16)17/h2-4H,1H3,(H,16,17)(H,11,12,15). The van der Waals surface area contributed by atoms with E-state index in [2.05, 4.69) is 19.9 Å². The van der Waals surface area contributed by atoms with Gasteiger partial charge in [0.25, 0.3) is 5.91 Å². The molecule has 1 amide bonds. The summed E-state index contributed by atoms with van der Waals surface area (Å²) in [6, 6.07) is 2.79. The van der Waals surface area contributed by atoms with Crippen molar-refractivity contribution in [2.45, 2.75) is 6.92 Å². The fourth-order valence-corrected chi connectivity index (χ4v) is 1.80. The molecular formula is C10H8N4O3S. The number of pyridine rings is 1. The quantitative estimate of drug-likeness (QED) is 0.862. The van der Waals surface area contributed by atoms with Gasteiger partial charge in [-0.05, 0) is 30.6 Å². The number of aromatic carboxylic acids is 1. The fourth-order valence-electron chi connectivity index (χ4n) is 1.25. The van der Waals surface area contributed by atoms with Gasteiger partial charge in [0.1, 0.15) is 10.6 Å². The summed E-state index contributed by atoms with van der Waals surface area (Å²) >= 11 is 0.982. The molecule has 2 aromatic heterocycles. The van der Waals surface area contributed by atoms with Crippen molar-refractivity contribution in [1.29, 1.82) is 0 Å². The van der Waals surface area contributed by atoms with Crippen LogP contribution in [0.15, 0.2) is 18.3 Å². The highest BCUT2D eigenvalue weighted by Crippen LogP contribution is 2.14. The highest BCUT2D eigenvalue weighted by molar-refractivity contribution is 7.08. The van der Waals surface area contributed by atoms with Crippen molar-refractivity contribution in [3.05, 3.63) is 34.6 Å². The van der Waals surface area contributed by atoms with E-state index in [-0.39, 0.29) is 11.6 Å². The van der Waals surface area contributed by atoms with Gasteiger partial charge in [-0.1, -0.05) is 4.49 Å². The molecule has 0 aliphatic rings. The molecule has 0 saturated heterocycles. The Labute approximate surface area is 106 Å². The molecule has 8 heteroatoms. The van der Waals surface area contributed by atoms with Crippen LogP contribution >= 0.6 is 11.5 Å². The number of aromatic nitrogens is 3. The van der Waals surface area contributed by atoms with Gasteiger partial charge in [-0.25, -0.2) is 9.78 Å². The number of hydrogen-bond acceptors (Lipinski definition) is 6. The second-order valence-electron chi connectivity index (χ2n) is 3.38. The van der Waals surface area contributed by atoms with Crippen LogP contribution in [0.1, 0.15) is 25.9 Å². The van der Waals surface area contributed by atoms with Gasteiger partial charge in [-0.3, -0.25) is 4.79 Å². The summed E-state index contributed by atoms with van der Waals surface area (Å²) in [4.78, 5) is 26.6. The molecule has 0 bridgehead atoms. The molecule has 0 saturated carbocycles. The van der Waals surface area contributed by atoms with Crippen molar-refractivity contribution in [3.8, 4) is 0 Å². The van der Waals surface area contributed by atoms with E-state index in [1.165, 1.54) is 18.3 Å². The number of nitrogens with zero attached hydrogens (tertiary/aromatic N) is 3. The van der Waals surface area contributed by atoms with Gasteiger partial charge in [-0.2, -0.15) is 0 Å². The van der Waals surface area contributed by atoms with Crippen molar-refractivity contribution >= 4 is 29.1 Å². The maximum Gasteiger partial charge on any atom is 0.354 e. The lowest BCUT2D eigenvalue weighted by Gasteiger charge is -2.03. The number of carboxylic acid groups (broad SMARTS) is 1. The lowest BCUT2D eigenvalue weighted by atomic mass is 10.3. The first-order valence-corrected chi connectivity index (χ1v) is 5.65. The predicted octanol–water partition coefficient (Wildman–Crippen LogP) is 1.19. The van der Waals surface area contributed by atoms with Gasteiger partial charge in [-0.15, -0.1) is 5.10 Å². The monoisotopic (exact) mass is 264 g/mol. The molecule has 0 unspecified atom stereocenters. The highest BCUT2D eigenvalue weighted by atomic mass is 32.1. The van der Waals surface area contributed by atoms with Gasteiger partial charge in [0.15, 0.2) is 0 Å². The van der Waals surface area contributed by atoms with Crippen molar-refractivity contribution in [1.82, 2.24) is 14.6 Å². The Balaban J connectivity index is 2.20. The van der Waals surface area contributed by atoms with Crippen LogP contribution < -0.4 is 5.32 Å². The molecule has 2 aromatic rings. The molecule has 0 atom stereocenters. The summed E-state index contributed by atoms with van der Waals surface area (Å²) in [6.45, 7) is 1.67. The van der Waals surface area contributed by atoms with E-state index in [0.29, 0.717) is 16.3 Å². The summed E-state index contributed by atoms with van der Waals surface area (Å²) in [5.74, 6) is -1.52. The van der Waals surface area contributed by atoms with Gasteiger partial charge in [0.05, 0.1) is 5.69 Å². The molecular weight excluding hydrogens is 256 g/mol. The normalized spacial score (nSPS) is 10.1. The van der Waals surface area contributed by atoms with Crippen LogP contribution in [0.3, 0.4) is 0 Å². The van der Waals surface area contributed by atoms with Gasteiger partial charge in [0, 0.05) is 11.9 Å². The molecule has 0 radical (unpaired) electrons. The van der Waals surface area contributed by atoms with Crippen LogP contribution in [0.5, 0.6) is 0 Å². The van der Waals surface area contributed by atoms with E-state index in [1.54, 1.807) is 6.92 Å². The lowest BCUT2D eigenvalue weighted by Crippen LogP contribution is -2.12. The van der Waals surface area contributed by atoms with E-state index in [1.807, 2.05) is 0 Å². The molecule has 18 heavy (non-hydrogen) atoms. The van der Waals surface area contributed by atoms with E-state index in [0.717, 1.165) is 11.5 Å². The van der Waals surface area contributed by atoms with Crippen molar-refractivity contribution in [2.24, 2.45) is 0 Å². The molecule has 2 N–H and O–H groups in total. The number of carbonyl (C=O) groups is 2. The second-order valence-corrected chi connectivity index (χ2v) is 4.13. The first-order valence-electron chi connectivity index (χ1n) is 4.87. The van der Waals surface area contributed by atoms with Gasteiger partial charge < -0.3 is 10.4 Å². The Hall–Kier alpha value is -2.35. The molecule has 0 aromatic carbocycles. The fraction of sp³-hybridized carbons (Fsp3) is 0.100. The second kappa shape index (κ2) is 4.88.